The molecular formula is C6H5BFIN2. The average Bonchev–Trinajstić information content (AvgIpc) is 1.88. The first kappa shape index (κ1) is 10.6. The molecule has 0 N–H and O–H groups in total. The lowest BCUT2D eigenvalue weighted by molar-refractivity contribution is 0.677. The molecule has 0 spiro atoms. The van der Waals surface area contributed by atoms with Crippen molar-refractivity contribution in [2.24, 2.45) is 3.21 Å². The third-order valence-corrected chi connectivity index (χ3v) is 1.31. The normalized spacial score (nSPS) is 15.8. The van der Waals surface area contributed by atoms with Crippen molar-refractivity contribution in [1.29, 1.82) is 5.26 Å². The second kappa shape index (κ2) is 5.30. The monoisotopic (exact) mass is 262 g/mol. The van der Waals surface area contributed by atoms with Gasteiger partial charge in [-0.1, -0.05) is 18.8 Å². The van der Waals surface area contributed by atoms with Crippen molar-refractivity contribution in [2.45, 2.75) is 12.7 Å². The molecule has 1 atom stereocenters. The summed E-state index contributed by atoms with van der Waals surface area (Å²) in [5.41, 5.74) is -0.233. The quantitative estimate of drug-likeness (QED) is 0.426. The summed E-state index contributed by atoms with van der Waals surface area (Å²) in [6.45, 7) is 1.61. The Bertz CT molecular complexity index is 229. The van der Waals surface area contributed by atoms with Crippen LogP contribution in [0.5, 0.6) is 0 Å². The third-order valence-electron chi connectivity index (χ3n) is 0.826. The van der Waals surface area contributed by atoms with Crippen LogP contribution in [0.2, 0.25) is 5.82 Å². The number of rotatable bonds is 2. The zero-order valence-corrected chi connectivity index (χ0v) is 8.04. The van der Waals surface area contributed by atoms with Crippen molar-refractivity contribution in [2.75, 3.05) is 0 Å². The Morgan fingerprint density at radius 2 is 2.45 bits per heavy atom. The molecule has 0 amide bonds. The van der Waals surface area contributed by atoms with Crippen LogP contribution in [0.25, 0.3) is 0 Å². The fourth-order valence-electron chi connectivity index (χ4n) is 0.422. The van der Waals surface area contributed by atoms with Crippen molar-refractivity contribution >= 4 is 36.4 Å². The Hall–Kier alpha value is -0.375. The molecule has 0 bridgehead atoms. The van der Waals surface area contributed by atoms with E-state index in [9.17, 15) is 4.39 Å². The van der Waals surface area contributed by atoms with Crippen molar-refractivity contribution in [3.63, 3.8) is 0 Å². The lowest BCUT2D eigenvalue weighted by Crippen LogP contribution is -1.94. The first-order valence-corrected chi connectivity index (χ1v) is 3.80. The highest BCUT2D eigenvalue weighted by molar-refractivity contribution is 14.1. The molecule has 0 aliphatic carbocycles. The summed E-state index contributed by atoms with van der Waals surface area (Å²) in [4.78, 5) is 0. The number of allylic oxidation sites excluding steroid dienone is 2. The summed E-state index contributed by atoms with van der Waals surface area (Å²) >= 11 is 1.56. The number of hydrogen-bond acceptors (Lipinski definition) is 2. The highest BCUT2D eigenvalue weighted by Gasteiger charge is 2.04. The molecule has 0 saturated heterocycles. The number of nitriles is 1. The second-order valence-corrected chi connectivity index (χ2v) is 2.40. The van der Waals surface area contributed by atoms with Crippen molar-refractivity contribution in [3.8, 4) is 6.07 Å². The fourth-order valence-corrected chi connectivity index (χ4v) is 0.761. The van der Waals surface area contributed by atoms with Gasteiger partial charge in [-0.25, -0.2) is 7.60 Å². The molecule has 2 radical (unpaired) electrons. The molecule has 2 nitrogen and oxygen atoms in total. The van der Waals surface area contributed by atoms with Crippen LogP contribution in [0, 0.1) is 11.3 Å². The maximum Gasteiger partial charge on any atom is 0.182 e. The van der Waals surface area contributed by atoms with E-state index in [0.29, 0.717) is 0 Å². The fraction of sp³-hybridized carbons (Fsp3) is 0.333. The minimum Gasteiger partial charge on any atom is -0.204 e. The van der Waals surface area contributed by atoms with E-state index in [4.69, 9.17) is 13.1 Å². The largest absolute Gasteiger partial charge is 0.204 e. The molecule has 56 valence electrons. The van der Waals surface area contributed by atoms with E-state index in [-0.39, 0.29) is 5.71 Å². The standard InChI is InChI=1S/C6H5BFIN2/c1-4(7)2-5(8)6(3-10)11-9/h2,4H,1H3/b5-2+,11-6?. The van der Waals surface area contributed by atoms with Gasteiger partial charge >= 0.3 is 0 Å². The van der Waals surface area contributed by atoms with Gasteiger partial charge in [-0.3, -0.25) is 0 Å². The third kappa shape index (κ3) is 4.14. The predicted molar refractivity (Wildman–Crippen MR) is 51.4 cm³/mol. The predicted octanol–water partition coefficient (Wildman–Crippen LogP) is 2.13. The van der Waals surface area contributed by atoms with E-state index >= 15 is 0 Å². The van der Waals surface area contributed by atoms with Crippen LogP contribution < -0.4 is 0 Å². The average molecular weight is 262 g/mol. The molecule has 0 rings (SSSR count). The number of nitrogens with zero attached hydrogens (tertiary/aromatic N) is 2. The molecule has 0 aromatic heterocycles. The summed E-state index contributed by atoms with van der Waals surface area (Å²) in [5.74, 6) is -1.08. The van der Waals surface area contributed by atoms with Crippen LogP contribution in [-0.2, 0) is 0 Å². The molecule has 0 aromatic rings. The Kier molecular flexibility index (Phi) is 5.12. The van der Waals surface area contributed by atoms with E-state index in [0.717, 1.165) is 6.08 Å². The van der Waals surface area contributed by atoms with Crippen LogP contribution >= 0.6 is 22.9 Å². The SMILES string of the molecule is [B]C(C)/C=C(/F)C(C#N)=NI. The first-order chi connectivity index (χ1) is 5.11. The van der Waals surface area contributed by atoms with Crippen molar-refractivity contribution < 1.29 is 4.39 Å². The van der Waals surface area contributed by atoms with Crippen molar-refractivity contribution in [3.05, 3.63) is 11.9 Å². The molecule has 5 heteroatoms. The topological polar surface area (TPSA) is 36.1 Å². The van der Waals surface area contributed by atoms with E-state index in [2.05, 4.69) is 3.21 Å². The van der Waals surface area contributed by atoms with Gasteiger partial charge in [-0.15, -0.1) is 0 Å². The molecule has 1 unspecified atom stereocenters. The smallest absolute Gasteiger partial charge is 0.182 e. The maximum atomic E-state index is 12.7. The van der Waals surface area contributed by atoms with E-state index in [1.165, 1.54) is 0 Å². The summed E-state index contributed by atoms with van der Waals surface area (Å²) < 4.78 is 16.1. The van der Waals surface area contributed by atoms with Crippen LogP contribution in [-0.4, -0.2) is 13.6 Å². The van der Waals surface area contributed by atoms with Crippen LogP contribution in [0.3, 0.4) is 0 Å². The summed E-state index contributed by atoms with van der Waals surface area (Å²) in [5, 5.41) is 8.30. The van der Waals surface area contributed by atoms with Crippen LogP contribution in [0.1, 0.15) is 6.92 Å². The van der Waals surface area contributed by atoms with Crippen LogP contribution in [0.4, 0.5) is 4.39 Å². The van der Waals surface area contributed by atoms with Gasteiger partial charge in [-0.05, 0) is 0 Å². The molecule has 0 aliphatic heterocycles. The first-order valence-electron chi connectivity index (χ1n) is 2.84. The summed E-state index contributed by atoms with van der Waals surface area (Å²) in [7, 11) is 5.26. The lowest BCUT2D eigenvalue weighted by Gasteiger charge is -1.94. The van der Waals surface area contributed by atoms with E-state index in [1.54, 1.807) is 35.9 Å². The molecule has 0 saturated carbocycles. The molecule has 0 heterocycles. The number of halogens is 2. The molecule has 0 aliphatic rings. The summed E-state index contributed by atoms with van der Waals surface area (Å²) in [6.07, 6.45) is 1.14. The van der Waals surface area contributed by atoms with Crippen LogP contribution in [0.15, 0.2) is 15.1 Å². The Morgan fingerprint density at radius 1 is 1.91 bits per heavy atom. The molecular weight excluding hydrogens is 257 g/mol. The van der Waals surface area contributed by atoms with Gasteiger partial charge < -0.3 is 0 Å². The highest BCUT2D eigenvalue weighted by atomic mass is 127. The van der Waals surface area contributed by atoms with Crippen molar-refractivity contribution in [1.82, 2.24) is 0 Å². The number of hydrogen-bond donors (Lipinski definition) is 0. The minimum absolute atomic E-state index is 0.233. The van der Waals surface area contributed by atoms with E-state index < -0.39 is 11.6 Å². The lowest BCUT2D eigenvalue weighted by atomic mass is 9.89. The molecule has 11 heavy (non-hydrogen) atoms. The van der Waals surface area contributed by atoms with Gasteiger partial charge in [0.05, 0.1) is 30.7 Å². The zero-order valence-electron chi connectivity index (χ0n) is 5.88. The zero-order chi connectivity index (χ0) is 8.85. The van der Waals surface area contributed by atoms with Gasteiger partial charge in [0, 0.05) is 0 Å². The minimum atomic E-state index is -0.670. The van der Waals surface area contributed by atoms with Gasteiger partial charge in [-0.2, -0.15) is 5.26 Å². The summed E-state index contributed by atoms with van der Waals surface area (Å²) in [6, 6.07) is 1.60. The van der Waals surface area contributed by atoms with Gasteiger partial charge in [0.15, 0.2) is 11.5 Å². The van der Waals surface area contributed by atoms with E-state index in [1.807, 2.05) is 0 Å². The molecule has 0 fully saturated rings. The Balaban J connectivity index is 4.49. The van der Waals surface area contributed by atoms with Gasteiger partial charge in [0.25, 0.3) is 0 Å². The van der Waals surface area contributed by atoms with Gasteiger partial charge in [0.2, 0.25) is 0 Å². The second-order valence-electron chi connectivity index (χ2n) is 1.92. The maximum absolute atomic E-state index is 12.7. The van der Waals surface area contributed by atoms with Gasteiger partial charge in [0.1, 0.15) is 6.07 Å². The highest BCUT2D eigenvalue weighted by Crippen LogP contribution is 2.08. The Morgan fingerprint density at radius 3 is 2.73 bits per heavy atom. The molecule has 0 aromatic carbocycles. The Labute approximate surface area is 80.1 Å².